The molecule has 2 aromatic rings. The molecule has 0 unspecified atom stereocenters. The quantitative estimate of drug-likeness (QED) is 0.894. The molecule has 0 radical (unpaired) electrons. The van der Waals surface area contributed by atoms with Gasteiger partial charge in [-0.2, -0.15) is 4.98 Å². The van der Waals surface area contributed by atoms with Crippen LogP contribution >= 0.6 is 0 Å². The number of methoxy groups -OCH3 is 2. The van der Waals surface area contributed by atoms with Crippen LogP contribution in [0.3, 0.4) is 0 Å². The van der Waals surface area contributed by atoms with Crippen molar-refractivity contribution < 1.29 is 14.0 Å². The molecule has 2 aromatic heterocycles. The van der Waals surface area contributed by atoms with E-state index in [1.807, 2.05) is 6.07 Å². The molecule has 0 bridgehead atoms. The van der Waals surface area contributed by atoms with E-state index in [0.29, 0.717) is 24.2 Å². The molecule has 1 aliphatic rings. The van der Waals surface area contributed by atoms with Gasteiger partial charge in [-0.15, -0.1) is 0 Å². The van der Waals surface area contributed by atoms with Gasteiger partial charge in [0.05, 0.1) is 19.1 Å². The van der Waals surface area contributed by atoms with Crippen LogP contribution in [-0.4, -0.2) is 49.0 Å². The zero-order valence-electron chi connectivity index (χ0n) is 12.8. The topological polar surface area (TPSA) is 82.3 Å². The summed E-state index contributed by atoms with van der Waals surface area (Å²) in [6, 6.07) is 3.65. The van der Waals surface area contributed by atoms with Gasteiger partial charge in [0.2, 0.25) is 17.6 Å². The van der Waals surface area contributed by atoms with Crippen molar-refractivity contribution in [2.45, 2.75) is 18.3 Å². The summed E-state index contributed by atoms with van der Waals surface area (Å²) in [6.07, 6.45) is 3.52. The zero-order chi connectivity index (χ0) is 15.4. The van der Waals surface area contributed by atoms with Crippen LogP contribution in [-0.2, 0) is 10.2 Å². The van der Waals surface area contributed by atoms with Gasteiger partial charge in [-0.3, -0.25) is 0 Å². The summed E-state index contributed by atoms with van der Waals surface area (Å²) in [6.45, 7) is 2.42. The van der Waals surface area contributed by atoms with E-state index in [0.717, 1.165) is 31.5 Å². The van der Waals surface area contributed by atoms with Crippen LogP contribution in [0.5, 0.6) is 5.88 Å². The number of pyridine rings is 1. The van der Waals surface area contributed by atoms with Gasteiger partial charge in [0.1, 0.15) is 0 Å². The fourth-order valence-corrected chi connectivity index (χ4v) is 2.79. The molecular weight excluding hydrogens is 284 g/mol. The fraction of sp³-hybridized carbons (Fsp3) is 0.533. The zero-order valence-corrected chi connectivity index (χ0v) is 12.8. The molecule has 1 aliphatic heterocycles. The molecule has 0 spiro atoms. The predicted octanol–water partition coefficient (Wildman–Crippen LogP) is 1.41. The molecule has 22 heavy (non-hydrogen) atoms. The van der Waals surface area contributed by atoms with Gasteiger partial charge in [0.25, 0.3) is 0 Å². The predicted molar refractivity (Wildman–Crippen MR) is 79.7 cm³/mol. The second-order valence-electron chi connectivity index (χ2n) is 5.48. The first kappa shape index (κ1) is 14.9. The maximum atomic E-state index is 5.54. The van der Waals surface area contributed by atoms with Gasteiger partial charge in [0, 0.05) is 24.9 Å². The minimum Gasteiger partial charge on any atom is -0.481 e. The molecule has 7 heteroatoms. The molecule has 1 N–H and O–H groups in total. The van der Waals surface area contributed by atoms with Gasteiger partial charge in [-0.1, -0.05) is 5.16 Å². The highest BCUT2D eigenvalue weighted by atomic mass is 16.5. The number of hydrogen-bond acceptors (Lipinski definition) is 7. The Kier molecular flexibility index (Phi) is 4.35. The van der Waals surface area contributed by atoms with E-state index in [1.165, 1.54) is 0 Å². The summed E-state index contributed by atoms with van der Waals surface area (Å²) in [4.78, 5) is 8.75. The molecule has 0 aromatic carbocycles. The number of nitrogens with zero attached hydrogens (tertiary/aromatic N) is 3. The second kappa shape index (κ2) is 6.41. The lowest BCUT2D eigenvalue weighted by molar-refractivity contribution is 0.0850. The lowest BCUT2D eigenvalue weighted by atomic mass is 9.79. The average Bonchev–Trinajstić information content (AvgIpc) is 3.07. The Morgan fingerprint density at radius 2 is 2.09 bits per heavy atom. The van der Waals surface area contributed by atoms with E-state index < -0.39 is 0 Å². The Balaban J connectivity index is 1.87. The average molecular weight is 304 g/mol. The van der Waals surface area contributed by atoms with Crippen molar-refractivity contribution in [2.24, 2.45) is 0 Å². The SMILES string of the molecule is COCC1(c2nc(-c3ccc(OC)nc3)no2)CCNCC1. The molecule has 0 amide bonds. The minimum absolute atomic E-state index is 0.203. The van der Waals surface area contributed by atoms with Crippen LogP contribution in [0.4, 0.5) is 0 Å². The normalized spacial score (nSPS) is 17.4. The van der Waals surface area contributed by atoms with Crippen LogP contribution in [0, 0.1) is 0 Å². The third-order valence-electron chi connectivity index (χ3n) is 4.06. The van der Waals surface area contributed by atoms with Crippen LogP contribution in [0.15, 0.2) is 22.9 Å². The second-order valence-corrected chi connectivity index (χ2v) is 5.48. The standard InChI is InChI=1S/C15H20N4O3/c1-20-10-15(5-7-16-8-6-15)14-18-13(19-22-14)11-3-4-12(21-2)17-9-11/h3-4,9,16H,5-8,10H2,1-2H3. The Morgan fingerprint density at radius 1 is 1.27 bits per heavy atom. The summed E-state index contributed by atoms with van der Waals surface area (Å²) in [5.74, 6) is 1.74. The van der Waals surface area contributed by atoms with Crippen molar-refractivity contribution in [3.8, 4) is 17.3 Å². The van der Waals surface area contributed by atoms with Crippen LogP contribution in [0.25, 0.3) is 11.4 Å². The van der Waals surface area contributed by atoms with Crippen molar-refractivity contribution >= 4 is 0 Å². The van der Waals surface area contributed by atoms with Gasteiger partial charge in [0.15, 0.2) is 0 Å². The van der Waals surface area contributed by atoms with Gasteiger partial charge >= 0.3 is 0 Å². The first-order chi connectivity index (χ1) is 10.8. The van der Waals surface area contributed by atoms with Crippen LogP contribution in [0.1, 0.15) is 18.7 Å². The third-order valence-corrected chi connectivity index (χ3v) is 4.06. The largest absolute Gasteiger partial charge is 0.481 e. The summed E-state index contributed by atoms with van der Waals surface area (Å²) in [7, 11) is 3.29. The monoisotopic (exact) mass is 304 g/mol. The van der Waals surface area contributed by atoms with E-state index in [-0.39, 0.29) is 5.41 Å². The Bertz CT molecular complexity index is 600. The molecular formula is C15H20N4O3. The number of nitrogens with one attached hydrogen (secondary N) is 1. The Hall–Kier alpha value is -1.99. The Labute approximate surface area is 129 Å². The van der Waals surface area contributed by atoms with Gasteiger partial charge < -0.3 is 19.3 Å². The van der Waals surface area contributed by atoms with E-state index in [9.17, 15) is 0 Å². The lowest BCUT2D eigenvalue weighted by Crippen LogP contribution is -2.43. The number of piperidine rings is 1. The molecule has 1 fully saturated rings. The van der Waals surface area contributed by atoms with E-state index in [1.54, 1.807) is 26.5 Å². The van der Waals surface area contributed by atoms with E-state index >= 15 is 0 Å². The lowest BCUT2D eigenvalue weighted by Gasteiger charge is -2.33. The van der Waals surface area contributed by atoms with Crippen molar-refractivity contribution in [3.05, 3.63) is 24.2 Å². The van der Waals surface area contributed by atoms with E-state index in [2.05, 4.69) is 20.4 Å². The van der Waals surface area contributed by atoms with Crippen molar-refractivity contribution in [1.82, 2.24) is 20.4 Å². The van der Waals surface area contributed by atoms with E-state index in [4.69, 9.17) is 14.0 Å². The molecule has 0 aliphatic carbocycles. The fourth-order valence-electron chi connectivity index (χ4n) is 2.79. The van der Waals surface area contributed by atoms with Gasteiger partial charge in [-0.25, -0.2) is 4.98 Å². The van der Waals surface area contributed by atoms with Crippen LogP contribution in [0.2, 0.25) is 0 Å². The molecule has 118 valence electrons. The molecule has 3 heterocycles. The third kappa shape index (κ3) is 2.82. The summed E-state index contributed by atoms with van der Waals surface area (Å²) >= 11 is 0. The van der Waals surface area contributed by atoms with Crippen molar-refractivity contribution in [1.29, 1.82) is 0 Å². The highest BCUT2D eigenvalue weighted by Gasteiger charge is 2.39. The molecule has 1 saturated heterocycles. The number of ether oxygens (including phenoxy) is 2. The maximum Gasteiger partial charge on any atom is 0.235 e. The summed E-state index contributed by atoms with van der Waals surface area (Å²) in [5.41, 5.74) is 0.600. The molecule has 7 nitrogen and oxygen atoms in total. The first-order valence-corrected chi connectivity index (χ1v) is 7.32. The molecule has 0 saturated carbocycles. The first-order valence-electron chi connectivity index (χ1n) is 7.32. The minimum atomic E-state index is -0.203. The number of aromatic nitrogens is 3. The Morgan fingerprint density at radius 3 is 2.73 bits per heavy atom. The maximum absolute atomic E-state index is 5.54. The van der Waals surface area contributed by atoms with Crippen molar-refractivity contribution in [3.63, 3.8) is 0 Å². The van der Waals surface area contributed by atoms with Crippen LogP contribution < -0.4 is 10.1 Å². The smallest absolute Gasteiger partial charge is 0.235 e. The molecule has 0 atom stereocenters. The summed E-state index contributed by atoms with van der Waals surface area (Å²) < 4.78 is 16.0. The van der Waals surface area contributed by atoms with Gasteiger partial charge in [-0.05, 0) is 32.0 Å². The highest BCUT2D eigenvalue weighted by molar-refractivity contribution is 5.53. The molecule has 3 rings (SSSR count). The highest BCUT2D eigenvalue weighted by Crippen LogP contribution is 2.33. The van der Waals surface area contributed by atoms with Crippen molar-refractivity contribution in [2.75, 3.05) is 33.9 Å². The summed E-state index contributed by atoms with van der Waals surface area (Å²) in [5, 5.41) is 7.45. The number of rotatable bonds is 5. The number of hydrogen-bond donors (Lipinski definition) is 1.